The number of rotatable bonds is 8. The highest BCUT2D eigenvalue weighted by atomic mass is 127. The second-order valence-corrected chi connectivity index (χ2v) is 6.02. The summed E-state index contributed by atoms with van der Waals surface area (Å²) in [6.45, 7) is 9.57. The topological polar surface area (TPSA) is 62.9 Å². The maximum atomic E-state index is 5.82. The van der Waals surface area contributed by atoms with Crippen LogP contribution in [-0.4, -0.2) is 56.8 Å². The molecule has 1 heterocycles. The largest absolute Gasteiger partial charge is 0.383 e. The SMILES string of the molecule is COCC(C)NC(N)=NCCCCN1CCCC(C)C1.I. The van der Waals surface area contributed by atoms with E-state index in [2.05, 4.69) is 22.1 Å². The molecule has 0 aliphatic carbocycles. The number of hydrogen-bond donors (Lipinski definition) is 2. The lowest BCUT2D eigenvalue weighted by Crippen LogP contribution is -2.40. The molecule has 0 radical (unpaired) electrons. The molecule has 0 aromatic heterocycles. The first kappa shape index (κ1) is 20.9. The molecule has 0 aromatic rings. The standard InChI is InChI=1S/C15H32N4O.HI/c1-13-7-6-10-19(11-13)9-5-4-8-17-15(16)18-14(2)12-20-3;/h13-14H,4-12H2,1-3H3,(H3,16,17,18);1H. The first-order chi connectivity index (χ1) is 9.61. The van der Waals surface area contributed by atoms with Gasteiger partial charge < -0.3 is 20.7 Å². The maximum absolute atomic E-state index is 5.82. The summed E-state index contributed by atoms with van der Waals surface area (Å²) in [6, 6.07) is 0.207. The molecule has 2 unspecified atom stereocenters. The zero-order valence-corrected chi connectivity index (χ0v) is 16.1. The molecule has 5 nitrogen and oxygen atoms in total. The van der Waals surface area contributed by atoms with E-state index in [9.17, 15) is 0 Å². The molecule has 1 aliphatic rings. The van der Waals surface area contributed by atoms with Gasteiger partial charge in [0.05, 0.1) is 6.61 Å². The number of aliphatic imine (C=N–C) groups is 1. The molecular formula is C15H33IN4O. The number of piperidine rings is 1. The van der Waals surface area contributed by atoms with Gasteiger partial charge in [0.1, 0.15) is 0 Å². The van der Waals surface area contributed by atoms with Gasteiger partial charge >= 0.3 is 0 Å². The minimum Gasteiger partial charge on any atom is -0.383 e. The quantitative estimate of drug-likeness (QED) is 0.277. The summed E-state index contributed by atoms with van der Waals surface area (Å²) in [7, 11) is 1.69. The van der Waals surface area contributed by atoms with Crippen LogP contribution in [0, 0.1) is 5.92 Å². The molecule has 21 heavy (non-hydrogen) atoms. The Kier molecular flexibility index (Phi) is 12.4. The molecule has 1 fully saturated rings. The van der Waals surface area contributed by atoms with Crippen LogP contribution in [0.5, 0.6) is 0 Å². The van der Waals surface area contributed by atoms with Crippen molar-refractivity contribution in [2.24, 2.45) is 16.6 Å². The third kappa shape index (κ3) is 10.3. The molecule has 0 bridgehead atoms. The minimum atomic E-state index is 0. The van der Waals surface area contributed by atoms with Gasteiger partial charge in [-0.15, -0.1) is 24.0 Å². The molecule has 1 rings (SSSR count). The second-order valence-electron chi connectivity index (χ2n) is 6.02. The van der Waals surface area contributed by atoms with Crippen molar-refractivity contribution < 1.29 is 4.74 Å². The predicted octanol–water partition coefficient (Wildman–Crippen LogP) is 2.06. The van der Waals surface area contributed by atoms with Crippen molar-refractivity contribution in [1.29, 1.82) is 0 Å². The third-order valence-electron chi connectivity index (χ3n) is 3.72. The van der Waals surface area contributed by atoms with Gasteiger partial charge in [-0.25, -0.2) is 0 Å². The second kappa shape index (κ2) is 12.5. The van der Waals surface area contributed by atoms with Gasteiger partial charge in [-0.2, -0.15) is 0 Å². The van der Waals surface area contributed by atoms with E-state index in [4.69, 9.17) is 10.5 Å². The van der Waals surface area contributed by atoms with Crippen molar-refractivity contribution in [1.82, 2.24) is 10.2 Å². The summed E-state index contributed by atoms with van der Waals surface area (Å²) in [5.74, 6) is 1.39. The number of unbranched alkanes of at least 4 members (excludes halogenated alkanes) is 1. The van der Waals surface area contributed by atoms with Gasteiger partial charge in [0.25, 0.3) is 0 Å². The molecule has 1 saturated heterocycles. The van der Waals surface area contributed by atoms with Gasteiger partial charge in [-0.05, 0) is 51.6 Å². The lowest BCUT2D eigenvalue weighted by molar-refractivity contribution is 0.179. The highest BCUT2D eigenvalue weighted by Gasteiger charge is 2.15. The van der Waals surface area contributed by atoms with Crippen LogP contribution in [0.25, 0.3) is 0 Å². The Balaban J connectivity index is 0.00000400. The molecule has 0 aromatic carbocycles. The van der Waals surface area contributed by atoms with E-state index in [0.29, 0.717) is 12.6 Å². The van der Waals surface area contributed by atoms with Crippen molar-refractivity contribution in [3.63, 3.8) is 0 Å². The number of likely N-dealkylation sites (tertiary alicyclic amines) is 1. The first-order valence-corrected chi connectivity index (χ1v) is 7.89. The van der Waals surface area contributed by atoms with E-state index in [-0.39, 0.29) is 30.0 Å². The predicted molar refractivity (Wildman–Crippen MR) is 100 cm³/mol. The maximum Gasteiger partial charge on any atom is 0.188 e. The van der Waals surface area contributed by atoms with E-state index in [1.807, 2.05) is 6.92 Å². The van der Waals surface area contributed by atoms with Gasteiger partial charge in [0, 0.05) is 26.2 Å². The van der Waals surface area contributed by atoms with Crippen LogP contribution in [0.15, 0.2) is 4.99 Å². The van der Waals surface area contributed by atoms with E-state index >= 15 is 0 Å². The van der Waals surface area contributed by atoms with Crippen molar-refractivity contribution in [2.75, 3.05) is 39.9 Å². The number of guanidine groups is 1. The number of nitrogens with zero attached hydrogens (tertiary/aromatic N) is 2. The molecule has 3 N–H and O–H groups in total. The van der Waals surface area contributed by atoms with Gasteiger partial charge in [-0.1, -0.05) is 6.92 Å². The molecular weight excluding hydrogens is 379 g/mol. The van der Waals surface area contributed by atoms with E-state index in [1.54, 1.807) is 7.11 Å². The van der Waals surface area contributed by atoms with Crippen LogP contribution in [-0.2, 0) is 4.74 Å². The number of halogens is 1. The summed E-state index contributed by atoms with van der Waals surface area (Å²) in [5.41, 5.74) is 5.82. The van der Waals surface area contributed by atoms with Crippen LogP contribution in [0.2, 0.25) is 0 Å². The fourth-order valence-corrected chi connectivity index (χ4v) is 2.73. The summed E-state index contributed by atoms with van der Waals surface area (Å²) >= 11 is 0. The number of nitrogens with two attached hydrogens (primary N) is 1. The first-order valence-electron chi connectivity index (χ1n) is 7.89. The van der Waals surface area contributed by atoms with Crippen molar-refractivity contribution in [2.45, 2.75) is 45.6 Å². The number of methoxy groups -OCH3 is 1. The highest BCUT2D eigenvalue weighted by molar-refractivity contribution is 14.0. The van der Waals surface area contributed by atoms with Crippen molar-refractivity contribution in [3.05, 3.63) is 0 Å². The average Bonchev–Trinajstić information content (AvgIpc) is 2.38. The summed E-state index contributed by atoms with van der Waals surface area (Å²) in [5, 5.41) is 3.12. The zero-order valence-electron chi connectivity index (χ0n) is 13.8. The summed E-state index contributed by atoms with van der Waals surface area (Å²) < 4.78 is 5.04. The third-order valence-corrected chi connectivity index (χ3v) is 3.72. The van der Waals surface area contributed by atoms with Crippen molar-refractivity contribution in [3.8, 4) is 0 Å². The average molecular weight is 412 g/mol. The fraction of sp³-hybridized carbons (Fsp3) is 0.933. The Labute approximate surface area is 147 Å². The Bertz CT molecular complexity index is 289. The monoisotopic (exact) mass is 412 g/mol. The Hall–Kier alpha value is -0.0800. The van der Waals surface area contributed by atoms with Crippen LogP contribution in [0.1, 0.15) is 39.5 Å². The Morgan fingerprint density at radius 3 is 2.90 bits per heavy atom. The van der Waals surface area contributed by atoms with Gasteiger partial charge in [0.15, 0.2) is 5.96 Å². The fourth-order valence-electron chi connectivity index (χ4n) is 2.73. The molecule has 6 heteroatoms. The number of ether oxygens (including phenoxy) is 1. The smallest absolute Gasteiger partial charge is 0.188 e. The Morgan fingerprint density at radius 1 is 1.48 bits per heavy atom. The van der Waals surface area contributed by atoms with Gasteiger partial charge in [0.2, 0.25) is 0 Å². The number of hydrogen-bond acceptors (Lipinski definition) is 3. The van der Waals surface area contributed by atoms with E-state index in [1.165, 1.54) is 38.9 Å². The lowest BCUT2D eigenvalue weighted by Gasteiger charge is -2.30. The summed E-state index contributed by atoms with van der Waals surface area (Å²) in [4.78, 5) is 6.94. The zero-order chi connectivity index (χ0) is 14.8. The molecule has 1 aliphatic heterocycles. The summed E-state index contributed by atoms with van der Waals surface area (Å²) in [6.07, 6.45) is 5.05. The lowest BCUT2D eigenvalue weighted by atomic mass is 10.0. The van der Waals surface area contributed by atoms with E-state index in [0.717, 1.165) is 18.9 Å². The van der Waals surface area contributed by atoms with Crippen LogP contribution >= 0.6 is 24.0 Å². The number of nitrogens with one attached hydrogen (secondary N) is 1. The Morgan fingerprint density at radius 2 is 2.24 bits per heavy atom. The van der Waals surface area contributed by atoms with Crippen LogP contribution < -0.4 is 11.1 Å². The highest BCUT2D eigenvalue weighted by Crippen LogP contribution is 2.15. The molecule has 0 saturated carbocycles. The van der Waals surface area contributed by atoms with E-state index < -0.39 is 0 Å². The molecule has 0 spiro atoms. The van der Waals surface area contributed by atoms with Crippen LogP contribution in [0.4, 0.5) is 0 Å². The van der Waals surface area contributed by atoms with Crippen LogP contribution in [0.3, 0.4) is 0 Å². The molecule has 2 atom stereocenters. The molecule has 0 amide bonds. The normalized spacial score (nSPS) is 21.7. The minimum absolute atomic E-state index is 0. The van der Waals surface area contributed by atoms with Crippen molar-refractivity contribution >= 4 is 29.9 Å². The van der Waals surface area contributed by atoms with Gasteiger partial charge in [-0.3, -0.25) is 4.99 Å². The molecule has 126 valence electrons.